The van der Waals surface area contributed by atoms with Gasteiger partial charge in [0.25, 0.3) is 0 Å². The van der Waals surface area contributed by atoms with Crippen molar-refractivity contribution in [2.45, 2.75) is 70.3 Å². The minimum atomic E-state index is 0.390. The summed E-state index contributed by atoms with van der Waals surface area (Å²) in [5, 5.41) is 3.89. The van der Waals surface area contributed by atoms with Crippen LogP contribution >= 0.6 is 0 Å². The first-order valence-electron chi connectivity index (χ1n) is 8.81. The summed E-state index contributed by atoms with van der Waals surface area (Å²) in [6.45, 7) is 4.39. The van der Waals surface area contributed by atoms with Crippen LogP contribution < -0.4 is 10.1 Å². The standard InChI is InChI=1S/C19H29NO/c1-2-10-19(11-4-3-5-13-20-19)12-8-16-6-7-18-17(15-16)9-14-21-18/h6-7,15,20H,2-5,8-14H2,1H3. The van der Waals surface area contributed by atoms with Crippen LogP contribution in [0.15, 0.2) is 18.2 Å². The van der Waals surface area contributed by atoms with E-state index < -0.39 is 0 Å². The molecule has 1 unspecified atom stereocenters. The molecule has 3 rings (SSSR count). The van der Waals surface area contributed by atoms with Crippen molar-refractivity contribution in [3.05, 3.63) is 29.3 Å². The Labute approximate surface area is 129 Å². The van der Waals surface area contributed by atoms with Gasteiger partial charge in [0, 0.05) is 12.0 Å². The zero-order valence-corrected chi connectivity index (χ0v) is 13.4. The maximum atomic E-state index is 5.61. The number of aryl methyl sites for hydroxylation is 1. The summed E-state index contributed by atoms with van der Waals surface area (Å²) in [7, 11) is 0. The highest BCUT2D eigenvalue weighted by Gasteiger charge is 2.29. The van der Waals surface area contributed by atoms with Gasteiger partial charge in [-0.2, -0.15) is 0 Å². The smallest absolute Gasteiger partial charge is 0.122 e. The van der Waals surface area contributed by atoms with Crippen LogP contribution in [0.2, 0.25) is 0 Å². The SMILES string of the molecule is CCCC1(CCc2ccc3c(c2)CCO3)CCCCCN1. The van der Waals surface area contributed by atoms with Gasteiger partial charge in [0.2, 0.25) is 0 Å². The molecule has 2 nitrogen and oxygen atoms in total. The minimum Gasteiger partial charge on any atom is -0.493 e. The molecule has 2 aliphatic rings. The van der Waals surface area contributed by atoms with Crippen molar-refractivity contribution in [3.63, 3.8) is 0 Å². The summed E-state index contributed by atoms with van der Waals surface area (Å²) in [4.78, 5) is 0. The minimum absolute atomic E-state index is 0.390. The second-order valence-corrected chi connectivity index (χ2v) is 6.81. The van der Waals surface area contributed by atoms with Crippen molar-refractivity contribution in [1.29, 1.82) is 0 Å². The Morgan fingerprint density at radius 2 is 2.14 bits per heavy atom. The fourth-order valence-electron chi connectivity index (χ4n) is 4.02. The molecule has 1 N–H and O–H groups in total. The molecule has 0 amide bonds. The number of nitrogens with one attached hydrogen (secondary N) is 1. The van der Waals surface area contributed by atoms with Crippen LogP contribution in [0.25, 0.3) is 0 Å². The van der Waals surface area contributed by atoms with Gasteiger partial charge in [-0.15, -0.1) is 0 Å². The average molecular weight is 287 g/mol. The number of ether oxygens (including phenoxy) is 1. The third-order valence-corrected chi connectivity index (χ3v) is 5.21. The molecule has 21 heavy (non-hydrogen) atoms. The fourth-order valence-corrected chi connectivity index (χ4v) is 4.02. The van der Waals surface area contributed by atoms with Crippen molar-refractivity contribution < 1.29 is 4.74 Å². The molecule has 2 heterocycles. The Morgan fingerprint density at radius 1 is 1.19 bits per heavy atom. The van der Waals surface area contributed by atoms with Gasteiger partial charge in [-0.3, -0.25) is 0 Å². The van der Waals surface area contributed by atoms with Gasteiger partial charge < -0.3 is 10.1 Å². The molecule has 2 aliphatic heterocycles. The lowest BCUT2D eigenvalue weighted by Gasteiger charge is -2.34. The predicted molar refractivity (Wildman–Crippen MR) is 88.1 cm³/mol. The van der Waals surface area contributed by atoms with Gasteiger partial charge in [-0.05, 0) is 55.8 Å². The molecule has 1 aromatic rings. The molecule has 2 heteroatoms. The molecule has 1 atom stereocenters. The van der Waals surface area contributed by atoms with Gasteiger partial charge >= 0.3 is 0 Å². The number of benzene rings is 1. The third kappa shape index (κ3) is 3.60. The molecule has 116 valence electrons. The van der Waals surface area contributed by atoms with Gasteiger partial charge in [-0.25, -0.2) is 0 Å². The van der Waals surface area contributed by atoms with Crippen LogP contribution in [0, 0.1) is 0 Å². The van der Waals surface area contributed by atoms with E-state index in [1.165, 1.54) is 69.0 Å². The van der Waals surface area contributed by atoms with Crippen LogP contribution in [0.1, 0.15) is 63.0 Å². The Hall–Kier alpha value is -1.02. The normalized spacial score (nSPS) is 25.2. The first-order chi connectivity index (χ1) is 10.3. The molecule has 0 spiro atoms. The largest absolute Gasteiger partial charge is 0.493 e. The van der Waals surface area contributed by atoms with Crippen molar-refractivity contribution in [3.8, 4) is 5.75 Å². The molecular weight excluding hydrogens is 258 g/mol. The molecule has 0 aromatic heterocycles. The summed E-state index contributed by atoms with van der Waals surface area (Å²) >= 11 is 0. The number of rotatable bonds is 5. The average Bonchev–Trinajstić information content (AvgIpc) is 2.84. The maximum absolute atomic E-state index is 5.61. The Balaban J connectivity index is 1.66. The summed E-state index contributed by atoms with van der Waals surface area (Å²) in [6, 6.07) is 6.81. The Kier molecular flexibility index (Phi) is 4.84. The van der Waals surface area contributed by atoms with Gasteiger partial charge in [0.05, 0.1) is 6.61 Å². The first-order valence-corrected chi connectivity index (χ1v) is 8.81. The molecule has 0 radical (unpaired) electrons. The monoisotopic (exact) mass is 287 g/mol. The summed E-state index contributed by atoms with van der Waals surface area (Å²) < 4.78 is 5.61. The lowest BCUT2D eigenvalue weighted by molar-refractivity contribution is 0.270. The molecule has 1 fully saturated rings. The molecule has 1 aromatic carbocycles. The number of fused-ring (bicyclic) bond motifs is 1. The van der Waals surface area contributed by atoms with E-state index in [4.69, 9.17) is 4.74 Å². The second-order valence-electron chi connectivity index (χ2n) is 6.81. The van der Waals surface area contributed by atoms with E-state index in [9.17, 15) is 0 Å². The van der Waals surface area contributed by atoms with Crippen LogP contribution in [0.5, 0.6) is 5.75 Å². The second kappa shape index (κ2) is 6.83. The Bertz CT molecular complexity index is 461. The van der Waals surface area contributed by atoms with E-state index in [1.807, 2.05) is 0 Å². The lowest BCUT2D eigenvalue weighted by Crippen LogP contribution is -2.45. The number of hydrogen-bond acceptors (Lipinski definition) is 2. The quantitative estimate of drug-likeness (QED) is 0.874. The molecular formula is C19H29NO. The van der Waals surface area contributed by atoms with Crippen LogP contribution in [0.3, 0.4) is 0 Å². The summed E-state index contributed by atoms with van der Waals surface area (Å²) in [5.74, 6) is 1.11. The van der Waals surface area contributed by atoms with Crippen molar-refractivity contribution >= 4 is 0 Å². The van der Waals surface area contributed by atoms with Crippen LogP contribution in [-0.2, 0) is 12.8 Å². The van der Waals surface area contributed by atoms with Gasteiger partial charge in [-0.1, -0.05) is 38.3 Å². The Morgan fingerprint density at radius 3 is 3.05 bits per heavy atom. The van der Waals surface area contributed by atoms with Gasteiger partial charge in [0.1, 0.15) is 5.75 Å². The van der Waals surface area contributed by atoms with E-state index in [0.29, 0.717) is 5.54 Å². The van der Waals surface area contributed by atoms with Gasteiger partial charge in [0.15, 0.2) is 0 Å². The highest BCUT2D eigenvalue weighted by molar-refractivity contribution is 5.39. The molecule has 0 saturated carbocycles. The zero-order valence-electron chi connectivity index (χ0n) is 13.4. The maximum Gasteiger partial charge on any atom is 0.122 e. The first kappa shape index (κ1) is 14.9. The van der Waals surface area contributed by atoms with Crippen LogP contribution in [0.4, 0.5) is 0 Å². The molecule has 1 saturated heterocycles. The molecule has 0 aliphatic carbocycles. The zero-order chi connectivity index (χ0) is 14.5. The topological polar surface area (TPSA) is 21.3 Å². The molecule has 0 bridgehead atoms. The fraction of sp³-hybridized carbons (Fsp3) is 0.684. The van der Waals surface area contributed by atoms with Crippen molar-refractivity contribution in [1.82, 2.24) is 5.32 Å². The van der Waals surface area contributed by atoms with Crippen molar-refractivity contribution in [2.24, 2.45) is 0 Å². The third-order valence-electron chi connectivity index (χ3n) is 5.21. The van der Waals surface area contributed by atoms with Crippen molar-refractivity contribution in [2.75, 3.05) is 13.2 Å². The highest BCUT2D eigenvalue weighted by atomic mass is 16.5. The van der Waals surface area contributed by atoms with E-state index in [0.717, 1.165) is 18.8 Å². The summed E-state index contributed by atoms with van der Waals surface area (Å²) in [5.41, 5.74) is 3.28. The highest BCUT2D eigenvalue weighted by Crippen LogP contribution is 2.31. The van der Waals surface area contributed by atoms with E-state index in [-0.39, 0.29) is 0 Å². The van der Waals surface area contributed by atoms with E-state index in [1.54, 1.807) is 0 Å². The number of hydrogen-bond donors (Lipinski definition) is 1. The summed E-state index contributed by atoms with van der Waals surface area (Å²) in [6.07, 6.45) is 11.7. The van der Waals surface area contributed by atoms with E-state index in [2.05, 4.69) is 30.4 Å². The lowest BCUT2D eigenvalue weighted by atomic mass is 9.83. The van der Waals surface area contributed by atoms with Crippen LogP contribution in [-0.4, -0.2) is 18.7 Å². The van der Waals surface area contributed by atoms with E-state index >= 15 is 0 Å². The predicted octanol–water partition coefficient (Wildman–Crippen LogP) is 4.26.